The Bertz CT molecular complexity index is 1260. The molecule has 4 aromatic rings. The lowest BCUT2D eigenvalue weighted by Crippen LogP contribution is -2.45. The number of carbonyl (C=O) groups is 2. The van der Waals surface area contributed by atoms with Crippen LogP contribution in [0.5, 0.6) is 0 Å². The van der Waals surface area contributed by atoms with Crippen LogP contribution in [0.2, 0.25) is 5.02 Å². The van der Waals surface area contributed by atoms with Crippen molar-refractivity contribution in [2.45, 2.75) is 12.5 Å². The van der Waals surface area contributed by atoms with Gasteiger partial charge in [0, 0.05) is 27.0 Å². The van der Waals surface area contributed by atoms with E-state index in [2.05, 4.69) is 36.8 Å². The number of anilines is 1. The Morgan fingerprint density at radius 2 is 1.73 bits per heavy atom. The number of hydrogen-bond donors (Lipinski definition) is 2. The number of benzene rings is 3. The molecule has 4 rings (SSSR count). The second kappa shape index (κ2) is 10.7. The van der Waals surface area contributed by atoms with E-state index in [-0.39, 0.29) is 11.8 Å². The van der Waals surface area contributed by atoms with E-state index in [0.29, 0.717) is 27.1 Å². The molecular weight excluding hydrogens is 524 g/mol. The van der Waals surface area contributed by atoms with Crippen LogP contribution < -0.4 is 10.6 Å². The van der Waals surface area contributed by atoms with E-state index < -0.39 is 6.04 Å². The van der Waals surface area contributed by atoms with Crippen molar-refractivity contribution in [1.82, 2.24) is 15.5 Å². The molecule has 0 bridgehead atoms. The molecule has 0 unspecified atom stereocenters. The number of amides is 2. The molecule has 0 saturated carbocycles. The summed E-state index contributed by atoms with van der Waals surface area (Å²) in [6.45, 7) is 0. The second-order valence-corrected chi connectivity index (χ2v) is 9.46. The van der Waals surface area contributed by atoms with Crippen LogP contribution in [0.15, 0.2) is 83.3 Å². The Labute approximate surface area is 208 Å². The maximum absolute atomic E-state index is 13.1. The van der Waals surface area contributed by atoms with E-state index in [1.54, 1.807) is 30.3 Å². The summed E-state index contributed by atoms with van der Waals surface area (Å²) < 4.78 is 0.780. The maximum Gasteiger partial charge on any atom is 0.251 e. The van der Waals surface area contributed by atoms with Gasteiger partial charge >= 0.3 is 0 Å². The van der Waals surface area contributed by atoms with Gasteiger partial charge in [0.1, 0.15) is 11.0 Å². The van der Waals surface area contributed by atoms with Gasteiger partial charge in [0.05, 0.1) is 0 Å². The fourth-order valence-corrected chi connectivity index (χ4v) is 4.38. The van der Waals surface area contributed by atoms with Gasteiger partial charge in [-0.05, 0) is 35.9 Å². The topological polar surface area (TPSA) is 84.0 Å². The number of halogens is 2. The number of carbonyl (C=O) groups excluding carboxylic acids is 2. The van der Waals surface area contributed by atoms with Crippen molar-refractivity contribution in [3.05, 3.63) is 99.5 Å². The number of aromatic nitrogens is 2. The lowest BCUT2D eigenvalue weighted by molar-refractivity contribution is -0.118. The third-order valence-electron chi connectivity index (χ3n) is 4.74. The number of rotatable bonds is 7. The lowest BCUT2D eigenvalue weighted by atomic mass is 10.0. The summed E-state index contributed by atoms with van der Waals surface area (Å²) >= 11 is 10.6. The average Bonchev–Trinajstić information content (AvgIpc) is 3.28. The zero-order valence-corrected chi connectivity index (χ0v) is 20.3. The van der Waals surface area contributed by atoms with Crippen LogP contribution in [0.1, 0.15) is 15.9 Å². The monoisotopic (exact) mass is 540 g/mol. The average molecular weight is 542 g/mol. The molecule has 0 aliphatic carbocycles. The van der Waals surface area contributed by atoms with E-state index in [4.69, 9.17) is 11.6 Å². The third-order valence-corrected chi connectivity index (χ3v) is 6.37. The summed E-state index contributed by atoms with van der Waals surface area (Å²) in [4.78, 5) is 26.0. The van der Waals surface area contributed by atoms with E-state index in [1.807, 2.05) is 48.5 Å². The summed E-state index contributed by atoms with van der Waals surface area (Å²) in [5.74, 6) is -0.715. The van der Waals surface area contributed by atoms with Gasteiger partial charge < -0.3 is 5.32 Å². The Balaban J connectivity index is 1.51. The fourth-order valence-electron chi connectivity index (χ4n) is 3.11. The Kier molecular flexibility index (Phi) is 7.49. The van der Waals surface area contributed by atoms with Crippen molar-refractivity contribution >= 4 is 55.8 Å². The first-order valence-electron chi connectivity index (χ1n) is 9.98. The van der Waals surface area contributed by atoms with Gasteiger partial charge in [-0.2, -0.15) is 0 Å². The first-order chi connectivity index (χ1) is 16.0. The zero-order valence-electron chi connectivity index (χ0n) is 17.2. The molecule has 1 aromatic heterocycles. The summed E-state index contributed by atoms with van der Waals surface area (Å²) in [5, 5.41) is 15.5. The highest BCUT2D eigenvalue weighted by Gasteiger charge is 2.23. The highest BCUT2D eigenvalue weighted by Crippen LogP contribution is 2.27. The van der Waals surface area contributed by atoms with Crippen LogP contribution in [0.25, 0.3) is 10.6 Å². The van der Waals surface area contributed by atoms with Gasteiger partial charge in [-0.1, -0.05) is 87.4 Å². The quantitative estimate of drug-likeness (QED) is 0.319. The van der Waals surface area contributed by atoms with Gasteiger partial charge in [0.2, 0.25) is 11.0 Å². The summed E-state index contributed by atoms with van der Waals surface area (Å²) in [5.41, 5.74) is 2.23. The molecule has 1 heterocycles. The minimum Gasteiger partial charge on any atom is -0.340 e. The van der Waals surface area contributed by atoms with Crippen LogP contribution in [0, 0.1) is 0 Å². The molecule has 0 aliphatic heterocycles. The molecule has 1 atom stereocenters. The van der Waals surface area contributed by atoms with E-state index >= 15 is 0 Å². The first kappa shape index (κ1) is 23.1. The van der Waals surface area contributed by atoms with Crippen molar-refractivity contribution in [2.75, 3.05) is 5.32 Å². The van der Waals surface area contributed by atoms with E-state index in [0.717, 1.165) is 15.6 Å². The molecule has 2 N–H and O–H groups in total. The molecule has 0 fully saturated rings. The molecule has 0 radical (unpaired) electrons. The van der Waals surface area contributed by atoms with Crippen LogP contribution in [0.3, 0.4) is 0 Å². The Morgan fingerprint density at radius 1 is 0.970 bits per heavy atom. The Morgan fingerprint density at radius 3 is 2.45 bits per heavy atom. The number of nitrogens with one attached hydrogen (secondary N) is 2. The van der Waals surface area contributed by atoms with Crippen molar-refractivity contribution in [3.8, 4) is 10.6 Å². The maximum atomic E-state index is 13.1. The van der Waals surface area contributed by atoms with Crippen molar-refractivity contribution < 1.29 is 9.59 Å². The molecule has 2 amide bonds. The molecule has 0 aliphatic rings. The minimum absolute atomic E-state index is 0.329. The van der Waals surface area contributed by atoms with E-state index in [1.165, 1.54) is 11.3 Å². The molecule has 3 aromatic carbocycles. The predicted molar refractivity (Wildman–Crippen MR) is 135 cm³/mol. The molecular formula is C24H18BrClN4O2S. The second-order valence-electron chi connectivity index (χ2n) is 7.13. The molecule has 9 heteroatoms. The molecule has 0 spiro atoms. The van der Waals surface area contributed by atoms with Gasteiger partial charge in [-0.25, -0.2) is 0 Å². The standard InChI is InChI=1S/C24H18BrClN4O2S/c25-18-8-4-7-17(14-18)21(31)27-20(13-15-5-2-1-3-6-15)22(32)28-24-30-29-23(33-24)16-9-11-19(26)12-10-16/h1-12,14,20H,13H2,(H,27,31)(H,28,30,32)/t20-/m0/s1. The van der Waals surface area contributed by atoms with Gasteiger partial charge in [0.15, 0.2) is 0 Å². The smallest absolute Gasteiger partial charge is 0.251 e. The van der Waals surface area contributed by atoms with Gasteiger partial charge in [-0.15, -0.1) is 10.2 Å². The SMILES string of the molecule is O=C(N[C@@H](Cc1ccccc1)C(=O)Nc1nnc(-c2ccc(Cl)cc2)s1)c1cccc(Br)c1. The molecule has 33 heavy (non-hydrogen) atoms. The normalized spacial score (nSPS) is 11.6. The van der Waals surface area contributed by atoms with Gasteiger partial charge in [-0.3, -0.25) is 14.9 Å². The summed E-state index contributed by atoms with van der Waals surface area (Å²) in [6.07, 6.45) is 0.329. The number of nitrogens with zero attached hydrogens (tertiary/aromatic N) is 2. The predicted octanol–water partition coefficient (Wildman–Crippen LogP) is 5.60. The molecule has 6 nitrogen and oxygen atoms in total. The highest BCUT2D eigenvalue weighted by molar-refractivity contribution is 9.10. The number of hydrogen-bond acceptors (Lipinski definition) is 5. The molecule has 0 saturated heterocycles. The van der Waals surface area contributed by atoms with E-state index in [9.17, 15) is 9.59 Å². The van der Waals surface area contributed by atoms with Crippen LogP contribution in [0.4, 0.5) is 5.13 Å². The van der Waals surface area contributed by atoms with Crippen molar-refractivity contribution in [3.63, 3.8) is 0 Å². The Hall–Kier alpha value is -3.07. The summed E-state index contributed by atoms with van der Waals surface area (Å²) in [7, 11) is 0. The van der Waals surface area contributed by atoms with Crippen molar-refractivity contribution in [1.29, 1.82) is 0 Å². The van der Waals surface area contributed by atoms with Crippen molar-refractivity contribution in [2.24, 2.45) is 0 Å². The third kappa shape index (κ3) is 6.25. The summed E-state index contributed by atoms with van der Waals surface area (Å²) in [6, 6.07) is 22.9. The van der Waals surface area contributed by atoms with Crippen LogP contribution in [-0.2, 0) is 11.2 Å². The minimum atomic E-state index is -0.804. The first-order valence-corrected chi connectivity index (χ1v) is 12.0. The zero-order chi connectivity index (χ0) is 23.2. The fraction of sp³-hybridized carbons (Fsp3) is 0.0833. The van der Waals surface area contributed by atoms with Crippen LogP contribution >= 0.6 is 38.9 Å². The molecule has 166 valence electrons. The largest absolute Gasteiger partial charge is 0.340 e. The van der Waals surface area contributed by atoms with Gasteiger partial charge in [0.25, 0.3) is 5.91 Å². The highest BCUT2D eigenvalue weighted by atomic mass is 79.9. The lowest BCUT2D eigenvalue weighted by Gasteiger charge is -2.18. The van der Waals surface area contributed by atoms with Crippen LogP contribution in [-0.4, -0.2) is 28.1 Å².